The molecule has 8 nitrogen and oxygen atoms in total. The van der Waals surface area contributed by atoms with Gasteiger partial charge in [-0.25, -0.2) is 8.42 Å². The molecule has 9 heteroatoms. The summed E-state index contributed by atoms with van der Waals surface area (Å²) in [6, 6.07) is 9.63. The zero-order valence-corrected chi connectivity index (χ0v) is 20.2. The first-order valence-electron chi connectivity index (χ1n) is 11.4. The van der Waals surface area contributed by atoms with Crippen molar-refractivity contribution in [3.8, 4) is 17.2 Å². The van der Waals surface area contributed by atoms with Gasteiger partial charge in [-0.1, -0.05) is 6.42 Å². The van der Waals surface area contributed by atoms with Crippen molar-refractivity contribution in [1.29, 1.82) is 0 Å². The quantitative estimate of drug-likeness (QED) is 0.549. The molecule has 0 spiro atoms. The minimum absolute atomic E-state index is 0.0609. The molecule has 1 N–H and O–H groups in total. The molecule has 1 amide bonds. The molecular formula is C24H32N2O6S. The van der Waals surface area contributed by atoms with Gasteiger partial charge in [0.25, 0.3) is 5.91 Å². The number of anilines is 1. The highest BCUT2D eigenvalue weighted by Crippen LogP contribution is 2.32. The monoisotopic (exact) mass is 476 g/mol. The molecule has 0 aliphatic carbocycles. The molecular weight excluding hydrogens is 444 g/mol. The molecule has 1 fully saturated rings. The van der Waals surface area contributed by atoms with Crippen LogP contribution in [0.3, 0.4) is 0 Å². The lowest BCUT2D eigenvalue weighted by molar-refractivity contribution is 0.102. The van der Waals surface area contributed by atoms with E-state index < -0.39 is 10.0 Å². The highest BCUT2D eigenvalue weighted by Gasteiger charge is 2.29. The van der Waals surface area contributed by atoms with Gasteiger partial charge in [-0.15, -0.1) is 0 Å². The van der Waals surface area contributed by atoms with E-state index in [1.165, 1.54) is 10.4 Å². The first-order chi connectivity index (χ1) is 15.9. The number of nitrogens with one attached hydrogen (secondary N) is 1. The predicted octanol–water partition coefficient (Wildman–Crippen LogP) is 4.31. The number of piperidine rings is 1. The van der Waals surface area contributed by atoms with Crippen molar-refractivity contribution < 1.29 is 27.4 Å². The number of ether oxygens (including phenoxy) is 3. The summed E-state index contributed by atoms with van der Waals surface area (Å²) in [4.78, 5) is 13.0. The number of hydrogen-bond acceptors (Lipinski definition) is 6. The van der Waals surface area contributed by atoms with E-state index in [2.05, 4.69) is 5.32 Å². The number of benzene rings is 2. The third-order valence-corrected chi connectivity index (χ3v) is 7.16. The summed E-state index contributed by atoms with van der Waals surface area (Å²) in [6.07, 6.45) is 2.69. The SMILES string of the molecule is CCOc1ccc(C(=O)Nc2ccc(OCC)c(S(=O)(=O)N3CCCCC3)c2)cc1OCC. The molecule has 0 bridgehead atoms. The molecule has 0 aromatic heterocycles. The minimum atomic E-state index is -3.74. The molecule has 1 aliphatic rings. The molecule has 0 unspecified atom stereocenters. The second-order valence-corrected chi connectivity index (χ2v) is 9.45. The Labute approximate surface area is 195 Å². The van der Waals surface area contributed by atoms with E-state index >= 15 is 0 Å². The Kier molecular flexibility index (Phi) is 8.57. The normalized spacial score (nSPS) is 14.5. The van der Waals surface area contributed by atoms with E-state index in [-0.39, 0.29) is 16.6 Å². The van der Waals surface area contributed by atoms with Gasteiger partial charge in [0, 0.05) is 24.3 Å². The van der Waals surface area contributed by atoms with Crippen LogP contribution in [-0.2, 0) is 10.0 Å². The topological polar surface area (TPSA) is 94.2 Å². The zero-order chi connectivity index (χ0) is 23.8. The highest BCUT2D eigenvalue weighted by molar-refractivity contribution is 7.89. The van der Waals surface area contributed by atoms with Crippen LogP contribution in [0.15, 0.2) is 41.3 Å². The van der Waals surface area contributed by atoms with Gasteiger partial charge in [0.2, 0.25) is 10.0 Å². The minimum Gasteiger partial charge on any atom is -0.492 e. The van der Waals surface area contributed by atoms with Gasteiger partial charge in [-0.05, 0) is 70.0 Å². The number of carbonyl (C=O) groups is 1. The molecule has 2 aromatic rings. The fraction of sp³-hybridized carbons (Fsp3) is 0.458. The summed E-state index contributed by atoms with van der Waals surface area (Å²) in [7, 11) is -3.74. The molecule has 33 heavy (non-hydrogen) atoms. The maximum absolute atomic E-state index is 13.3. The van der Waals surface area contributed by atoms with Gasteiger partial charge in [0.1, 0.15) is 10.6 Å². The predicted molar refractivity (Wildman–Crippen MR) is 127 cm³/mol. The molecule has 1 aliphatic heterocycles. The van der Waals surface area contributed by atoms with Crippen molar-refractivity contribution in [3.05, 3.63) is 42.0 Å². The van der Waals surface area contributed by atoms with Crippen LogP contribution in [0.2, 0.25) is 0 Å². The van der Waals surface area contributed by atoms with Crippen LogP contribution < -0.4 is 19.5 Å². The number of rotatable bonds is 10. The molecule has 2 aromatic carbocycles. The zero-order valence-electron chi connectivity index (χ0n) is 19.4. The molecule has 0 radical (unpaired) electrons. The van der Waals surface area contributed by atoms with Crippen LogP contribution in [0.25, 0.3) is 0 Å². The number of nitrogens with zero attached hydrogens (tertiary/aromatic N) is 1. The Bertz CT molecular complexity index is 1060. The Morgan fingerprint density at radius 2 is 1.45 bits per heavy atom. The molecule has 0 saturated carbocycles. The van der Waals surface area contributed by atoms with Crippen molar-refractivity contribution in [1.82, 2.24) is 4.31 Å². The summed E-state index contributed by atoms with van der Waals surface area (Å²) in [5.41, 5.74) is 0.738. The Morgan fingerprint density at radius 3 is 2.12 bits per heavy atom. The number of carbonyl (C=O) groups excluding carboxylic acids is 1. The Balaban J connectivity index is 1.89. The van der Waals surface area contributed by atoms with Gasteiger partial charge in [-0.2, -0.15) is 4.31 Å². The van der Waals surface area contributed by atoms with Gasteiger partial charge in [0.15, 0.2) is 11.5 Å². The maximum Gasteiger partial charge on any atom is 0.255 e. The van der Waals surface area contributed by atoms with E-state index in [1.54, 1.807) is 37.3 Å². The largest absolute Gasteiger partial charge is 0.492 e. The van der Waals surface area contributed by atoms with Crippen molar-refractivity contribution in [2.24, 2.45) is 0 Å². The second kappa shape index (κ2) is 11.4. The number of amides is 1. The summed E-state index contributed by atoms with van der Waals surface area (Å²) in [5, 5.41) is 2.79. The first-order valence-corrected chi connectivity index (χ1v) is 12.8. The Hall–Kier alpha value is -2.78. The molecule has 1 saturated heterocycles. The van der Waals surface area contributed by atoms with Crippen LogP contribution in [0.1, 0.15) is 50.4 Å². The molecule has 1 heterocycles. The van der Waals surface area contributed by atoms with Crippen molar-refractivity contribution in [2.45, 2.75) is 44.9 Å². The lowest BCUT2D eigenvalue weighted by Gasteiger charge is -2.27. The summed E-state index contributed by atoms with van der Waals surface area (Å²) >= 11 is 0. The van der Waals surface area contributed by atoms with Crippen molar-refractivity contribution >= 4 is 21.6 Å². The molecule has 0 atom stereocenters. The van der Waals surface area contributed by atoms with E-state index in [9.17, 15) is 13.2 Å². The third-order valence-electron chi connectivity index (χ3n) is 5.24. The van der Waals surface area contributed by atoms with Gasteiger partial charge in [0.05, 0.1) is 19.8 Å². The van der Waals surface area contributed by atoms with E-state index in [0.29, 0.717) is 55.7 Å². The van der Waals surface area contributed by atoms with Crippen LogP contribution in [-0.4, -0.2) is 51.5 Å². The van der Waals surface area contributed by atoms with Crippen LogP contribution >= 0.6 is 0 Å². The molecule has 180 valence electrons. The van der Waals surface area contributed by atoms with Crippen LogP contribution in [0, 0.1) is 0 Å². The fourth-order valence-electron chi connectivity index (χ4n) is 3.70. The van der Waals surface area contributed by atoms with Gasteiger partial charge in [-0.3, -0.25) is 4.79 Å². The third kappa shape index (κ3) is 5.97. The van der Waals surface area contributed by atoms with E-state index in [0.717, 1.165) is 19.3 Å². The maximum atomic E-state index is 13.3. The van der Waals surface area contributed by atoms with Crippen molar-refractivity contribution in [3.63, 3.8) is 0 Å². The fourth-order valence-corrected chi connectivity index (χ4v) is 5.38. The number of hydrogen-bond donors (Lipinski definition) is 1. The standard InChI is InChI=1S/C24H32N2O6S/c1-4-30-20-12-10-18(16-22(20)32-6-3)24(27)25-19-11-13-21(31-5-2)23(17-19)33(28,29)26-14-8-7-9-15-26/h10-13,16-17H,4-9,14-15H2,1-3H3,(H,25,27). The average molecular weight is 477 g/mol. The number of sulfonamides is 1. The van der Waals surface area contributed by atoms with E-state index in [1.807, 2.05) is 13.8 Å². The smallest absolute Gasteiger partial charge is 0.255 e. The first kappa shape index (κ1) is 24.9. The lowest BCUT2D eigenvalue weighted by Crippen LogP contribution is -2.35. The summed E-state index contributed by atoms with van der Waals surface area (Å²) in [5.74, 6) is 0.934. The lowest BCUT2D eigenvalue weighted by atomic mass is 10.1. The van der Waals surface area contributed by atoms with Gasteiger partial charge >= 0.3 is 0 Å². The average Bonchev–Trinajstić information content (AvgIpc) is 2.82. The summed E-state index contributed by atoms with van der Waals surface area (Å²) in [6.45, 7) is 7.74. The Morgan fingerprint density at radius 1 is 0.848 bits per heavy atom. The van der Waals surface area contributed by atoms with Crippen LogP contribution in [0.5, 0.6) is 17.2 Å². The van der Waals surface area contributed by atoms with Crippen molar-refractivity contribution in [2.75, 3.05) is 38.2 Å². The van der Waals surface area contributed by atoms with Gasteiger partial charge < -0.3 is 19.5 Å². The molecule has 3 rings (SSSR count). The highest BCUT2D eigenvalue weighted by atomic mass is 32.2. The second-order valence-electron chi connectivity index (χ2n) is 7.54. The van der Waals surface area contributed by atoms with Crippen LogP contribution in [0.4, 0.5) is 5.69 Å². The summed E-state index contributed by atoms with van der Waals surface area (Å²) < 4.78 is 44.8. The van der Waals surface area contributed by atoms with E-state index in [4.69, 9.17) is 14.2 Å².